The number of ether oxygens (including phenoxy) is 4. The summed E-state index contributed by atoms with van der Waals surface area (Å²) in [6.07, 6.45) is 2.85. The normalized spacial score (nSPS) is 26.2. The lowest BCUT2D eigenvalue weighted by molar-refractivity contribution is -0.0872. The Morgan fingerprint density at radius 1 is 1.24 bits per heavy atom. The van der Waals surface area contributed by atoms with Gasteiger partial charge < -0.3 is 18.9 Å². The number of sulfone groups is 1. The molecule has 1 aromatic carbocycles. The molecule has 33 heavy (non-hydrogen) atoms. The molecule has 3 atom stereocenters. The molecule has 0 saturated carbocycles. The van der Waals surface area contributed by atoms with Crippen LogP contribution < -0.4 is 4.74 Å². The van der Waals surface area contributed by atoms with Gasteiger partial charge in [-0.25, -0.2) is 13.2 Å². The molecule has 3 rings (SSSR count). The second-order valence-corrected chi connectivity index (χ2v) is 12.3. The maximum Gasteiger partial charge on any atom is 0.412 e. The monoisotopic (exact) mass is 481 g/mol. The minimum Gasteiger partial charge on any atom is -0.504 e. The van der Waals surface area contributed by atoms with E-state index in [2.05, 4.69) is 0 Å². The molecule has 2 saturated heterocycles. The number of rotatable bonds is 5. The first-order chi connectivity index (χ1) is 15.3. The van der Waals surface area contributed by atoms with Crippen molar-refractivity contribution in [1.82, 2.24) is 4.90 Å². The van der Waals surface area contributed by atoms with E-state index in [9.17, 15) is 13.2 Å². The summed E-state index contributed by atoms with van der Waals surface area (Å²) in [5.74, 6) is 0.242. The van der Waals surface area contributed by atoms with Crippen LogP contribution in [-0.2, 0) is 30.5 Å². The number of hydrogen-bond donors (Lipinski definition) is 0. The van der Waals surface area contributed by atoms with Crippen molar-refractivity contribution in [2.24, 2.45) is 5.92 Å². The largest absolute Gasteiger partial charge is 0.504 e. The van der Waals surface area contributed by atoms with Crippen molar-refractivity contribution in [2.45, 2.75) is 64.5 Å². The molecule has 0 spiro atoms. The minimum atomic E-state index is -3.39. The Hall–Kier alpha value is -2.26. The highest BCUT2D eigenvalue weighted by atomic mass is 32.2. The fourth-order valence-electron chi connectivity index (χ4n) is 4.67. The van der Waals surface area contributed by atoms with Crippen LogP contribution in [0.15, 0.2) is 24.5 Å². The summed E-state index contributed by atoms with van der Waals surface area (Å²) < 4.78 is 48.1. The summed E-state index contributed by atoms with van der Waals surface area (Å²) >= 11 is 0. The van der Waals surface area contributed by atoms with E-state index in [-0.39, 0.29) is 17.4 Å². The van der Waals surface area contributed by atoms with Crippen molar-refractivity contribution in [3.8, 4) is 5.75 Å². The molecule has 0 bridgehead atoms. The SMILES string of the molecule is CO/C=C/c1cc(C[C@@H]2CS(=O)(=O)C[C@H]3[C@H]2OC(C)(C)N3C(=O)OC(C)(C)C)ccc1OC. The molecule has 0 unspecified atom stereocenters. The number of hydrogen-bond acceptors (Lipinski definition) is 7. The van der Waals surface area contributed by atoms with Gasteiger partial charge in [0, 0.05) is 11.5 Å². The number of nitrogens with zero attached hydrogens (tertiary/aromatic N) is 1. The zero-order valence-corrected chi connectivity index (χ0v) is 21.3. The molecule has 2 aliphatic heterocycles. The van der Waals surface area contributed by atoms with E-state index in [0.29, 0.717) is 12.2 Å². The van der Waals surface area contributed by atoms with Crippen molar-refractivity contribution in [1.29, 1.82) is 0 Å². The standard InChI is InChI=1S/C24H35NO7S/c1-23(2,3)32-22(26)25-19-15-33(27,28)14-18(21(19)31-24(25,4)5)13-16-8-9-20(30-7)17(12-16)10-11-29-6/h8-12,18-19,21H,13-15H2,1-7H3/b11-10+/t18-,19+,21+/m1/s1. The highest BCUT2D eigenvalue weighted by Gasteiger charge is 2.57. The average Bonchev–Trinajstić information content (AvgIpc) is 2.94. The van der Waals surface area contributed by atoms with Crippen molar-refractivity contribution >= 4 is 22.0 Å². The summed E-state index contributed by atoms with van der Waals surface area (Å²) in [5.41, 5.74) is 0.0924. The molecule has 0 N–H and O–H groups in total. The van der Waals surface area contributed by atoms with Crippen molar-refractivity contribution in [3.63, 3.8) is 0 Å². The van der Waals surface area contributed by atoms with Crippen molar-refractivity contribution in [3.05, 3.63) is 35.6 Å². The summed E-state index contributed by atoms with van der Waals surface area (Å²) in [6.45, 7) is 8.91. The van der Waals surface area contributed by atoms with Gasteiger partial charge in [0.15, 0.2) is 9.84 Å². The first-order valence-electron chi connectivity index (χ1n) is 11.0. The van der Waals surface area contributed by atoms with Crippen LogP contribution >= 0.6 is 0 Å². The van der Waals surface area contributed by atoms with Crippen molar-refractivity contribution in [2.75, 3.05) is 25.7 Å². The molecule has 2 aliphatic rings. The Kier molecular flexibility index (Phi) is 7.05. The Morgan fingerprint density at radius 2 is 1.94 bits per heavy atom. The predicted octanol–water partition coefficient (Wildman–Crippen LogP) is 3.64. The number of carbonyl (C=O) groups excluding carboxylic acids is 1. The second-order valence-electron chi connectivity index (χ2n) is 10.1. The van der Waals surface area contributed by atoms with Gasteiger partial charge in [0.2, 0.25) is 0 Å². The van der Waals surface area contributed by atoms with E-state index in [4.69, 9.17) is 18.9 Å². The van der Waals surface area contributed by atoms with Gasteiger partial charge in [0.1, 0.15) is 17.1 Å². The molecule has 0 radical (unpaired) electrons. The summed E-state index contributed by atoms with van der Waals surface area (Å²) in [7, 11) is -0.232. The number of amides is 1. The average molecular weight is 482 g/mol. The molecule has 9 heteroatoms. The third-order valence-corrected chi connectivity index (χ3v) is 7.62. The van der Waals surface area contributed by atoms with Crippen molar-refractivity contribution < 1.29 is 32.2 Å². The number of carbonyl (C=O) groups is 1. The second kappa shape index (κ2) is 9.18. The molecule has 184 valence electrons. The predicted molar refractivity (Wildman–Crippen MR) is 126 cm³/mol. The van der Waals surface area contributed by atoms with E-state index in [1.165, 1.54) is 4.90 Å². The Morgan fingerprint density at radius 3 is 2.55 bits per heavy atom. The smallest absolute Gasteiger partial charge is 0.412 e. The Balaban J connectivity index is 1.92. The first-order valence-corrected chi connectivity index (χ1v) is 12.9. The fourth-order valence-corrected chi connectivity index (χ4v) is 6.63. The van der Waals surface area contributed by atoms with Crippen LogP contribution in [0, 0.1) is 5.92 Å². The molecular formula is C24H35NO7S. The highest BCUT2D eigenvalue weighted by Crippen LogP contribution is 2.41. The van der Waals surface area contributed by atoms with Gasteiger partial charge in [0.25, 0.3) is 0 Å². The molecule has 1 aromatic rings. The molecule has 0 aliphatic carbocycles. The zero-order chi connectivity index (χ0) is 24.6. The first kappa shape index (κ1) is 25.4. The Bertz CT molecular complexity index is 1010. The maximum absolute atomic E-state index is 13.0. The third kappa shape index (κ3) is 5.81. The van der Waals surface area contributed by atoms with E-state index >= 15 is 0 Å². The van der Waals surface area contributed by atoms with Crippen LogP contribution in [0.4, 0.5) is 4.79 Å². The van der Waals surface area contributed by atoms with Gasteiger partial charge in [-0.3, -0.25) is 4.90 Å². The van der Waals surface area contributed by atoms with Crippen LogP contribution in [0.25, 0.3) is 6.08 Å². The molecule has 8 nitrogen and oxygen atoms in total. The summed E-state index contributed by atoms with van der Waals surface area (Å²) in [5, 5.41) is 0. The summed E-state index contributed by atoms with van der Waals surface area (Å²) in [4.78, 5) is 14.5. The third-order valence-electron chi connectivity index (χ3n) is 5.84. The molecule has 2 fully saturated rings. The topological polar surface area (TPSA) is 91.4 Å². The van der Waals surface area contributed by atoms with E-state index < -0.39 is 39.4 Å². The Labute approximate surface area is 196 Å². The van der Waals surface area contributed by atoms with E-state index in [0.717, 1.165) is 11.1 Å². The van der Waals surface area contributed by atoms with Crippen LogP contribution in [0.2, 0.25) is 0 Å². The highest BCUT2D eigenvalue weighted by molar-refractivity contribution is 7.91. The zero-order valence-electron chi connectivity index (χ0n) is 20.5. The van der Waals surface area contributed by atoms with Gasteiger partial charge >= 0.3 is 6.09 Å². The van der Waals surface area contributed by atoms with Gasteiger partial charge in [-0.1, -0.05) is 6.07 Å². The van der Waals surface area contributed by atoms with Crippen LogP contribution in [-0.4, -0.2) is 68.6 Å². The number of benzene rings is 1. The van der Waals surface area contributed by atoms with E-state index in [1.807, 2.05) is 18.2 Å². The van der Waals surface area contributed by atoms with Crippen LogP contribution in [0.3, 0.4) is 0 Å². The molecular weight excluding hydrogens is 446 g/mol. The van der Waals surface area contributed by atoms with Gasteiger partial charge in [-0.15, -0.1) is 0 Å². The lowest BCUT2D eigenvalue weighted by atomic mass is 9.90. The minimum absolute atomic E-state index is 0.00166. The number of methoxy groups -OCH3 is 2. The van der Waals surface area contributed by atoms with Gasteiger partial charge in [-0.2, -0.15) is 0 Å². The lowest BCUT2D eigenvalue weighted by Crippen LogP contribution is -2.55. The quantitative estimate of drug-likeness (QED) is 0.593. The van der Waals surface area contributed by atoms with Crippen LogP contribution in [0.1, 0.15) is 45.7 Å². The number of fused-ring (bicyclic) bond motifs is 1. The van der Waals surface area contributed by atoms with Gasteiger partial charge in [0.05, 0.1) is 44.1 Å². The molecule has 0 aromatic heterocycles. The molecule has 1 amide bonds. The van der Waals surface area contributed by atoms with E-state index in [1.54, 1.807) is 61.2 Å². The summed E-state index contributed by atoms with van der Waals surface area (Å²) in [6, 6.07) is 5.12. The lowest BCUT2D eigenvalue weighted by Gasteiger charge is -2.37. The van der Waals surface area contributed by atoms with Crippen LogP contribution in [0.5, 0.6) is 5.75 Å². The fraction of sp³-hybridized carbons (Fsp3) is 0.625. The van der Waals surface area contributed by atoms with Gasteiger partial charge in [-0.05, 0) is 64.8 Å². The maximum atomic E-state index is 13.0. The molecule has 2 heterocycles.